The number of morpholine rings is 1. The zero-order valence-corrected chi connectivity index (χ0v) is 8.59. The van der Waals surface area contributed by atoms with Crippen LogP contribution in [0.25, 0.3) is 0 Å². The molecular weight excluding hydrogens is 202 g/mol. The first-order valence-corrected chi connectivity index (χ1v) is 4.89. The second-order valence-corrected chi connectivity index (χ2v) is 3.59. The quantitative estimate of drug-likeness (QED) is 0.513. The van der Waals surface area contributed by atoms with Crippen molar-refractivity contribution in [1.29, 1.82) is 0 Å². The van der Waals surface area contributed by atoms with Gasteiger partial charge in [-0.3, -0.25) is 10.00 Å². The predicted octanol–water partition coefficient (Wildman–Crippen LogP) is -0.513. The summed E-state index contributed by atoms with van der Waals surface area (Å²) in [5, 5.41) is 6.71. The first kappa shape index (κ1) is 9.63. The fourth-order valence-corrected chi connectivity index (χ4v) is 1.56. The van der Waals surface area contributed by atoms with E-state index in [2.05, 4.69) is 15.1 Å². The van der Waals surface area contributed by atoms with Gasteiger partial charge >= 0.3 is 0 Å². The van der Waals surface area contributed by atoms with Crippen molar-refractivity contribution in [2.24, 2.45) is 0 Å². The minimum atomic E-state index is 0.452. The van der Waals surface area contributed by atoms with Crippen molar-refractivity contribution in [2.45, 2.75) is 6.54 Å². The maximum Gasteiger partial charge on any atom is 0.214 e. The Hall–Kier alpha value is -0.920. The molecular formula is C7H13N5OS. The van der Waals surface area contributed by atoms with Crippen LogP contribution in [0.1, 0.15) is 5.82 Å². The number of hydrogen-bond donors (Lipinski definition) is 2. The molecule has 3 N–H and O–H groups in total. The van der Waals surface area contributed by atoms with Gasteiger partial charge in [-0.05, 0) is 12.2 Å². The Labute approximate surface area is 86.6 Å². The molecule has 1 aliphatic heterocycles. The van der Waals surface area contributed by atoms with Crippen LogP contribution in [0.4, 0.5) is 0 Å². The zero-order chi connectivity index (χ0) is 9.97. The molecule has 7 heteroatoms. The lowest BCUT2D eigenvalue weighted by Gasteiger charge is -2.25. The number of nitrogens with zero attached hydrogens (tertiary/aromatic N) is 3. The molecule has 1 aromatic heterocycles. The minimum Gasteiger partial charge on any atom is -0.379 e. The van der Waals surface area contributed by atoms with Gasteiger partial charge in [0, 0.05) is 13.1 Å². The third kappa shape index (κ3) is 1.94. The highest BCUT2D eigenvalue weighted by atomic mass is 32.1. The molecule has 2 heterocycles. The first-order valence-electron chi connectivity index (χ1n) is 4.49. The number of hydrogen-bond acceptors (Lipinski definition) is 5. The number of ether oxygens (including phenoxy) is 1. The van der Waals surface area contributed by atoms with Crippen molar-refractivity contribution >= 4 is 12.2 Å². The predicted molar refractivity (Wildman–Crippen MR) is 53.7 cm³/mol. The van der Waals surface area contributed by atoms with Crippen LogP contribution < -0.4 is 5.84 Å². The monoisotopic (exact) mass is 215 g/mol. The molecule has 2 rings (SSSR count). The Morgan fingerprint density at radius 3 is 2.79 bits per heavy atom. The Morgan fingerprint density at radius 2 is 2.21 bits per heavy atom. The van der Waals surface area contributed by atoms with Crippen LogP contribution in [0.5, 0.6) is 0 Å². The molecule has 1 fully saturated rings. The first-order chi connectivity index (χ1) is 6.77. The molecule has 0 saturated carbocycles. The highest BCUT2D eigenvalue weighted by Gasteiger charge is 2.13. The van der Waals surface area contributed by atoms with E-state index in [4.69, 9.17) is 22.8 Å². The number of nitrogens with two attached hydrogens (primary N) is 1. The molecule has 1 saturated heterocycles. The summed E-state index contributed by atoms with van der Waals surface area (Å²) in [6.45, 7) is 4.09. The number of H-pyrrole nitrogens is 1. The molecule has 0 atom stereocenters. The van der Waals surface area contributed by atoms with Crippen LogP contribution in [-0.4, -0.2) is 46.1 Å². The van der Waals surface area contributed by atoms with Crippen LogP contribution in [0, 0.1) is 4.77 Å². The van der Waals surface area contributed by atoms with E-state index in [1.165, 1.54) is 4.68 Å². The van der Waals surface area contributed by atoms with Crippen LogP contribution in [0.3, 0.4) is 0 Å². The van der Waals surface area contributed by atoms with Crippen LogP contribution >= 0.6 is 12.2 Å². The molecule has 1 aromatic rings. The summed E-state index contributed by atoms with van der Waals surface area (Å²) in [4.78, 5) is 2.23. The Bertz CT molecular complexity index is 353. The van der Waals surface area contributed by atoms with Crippen molar-refractivity contribution in [2.75, 3.05) is 32.1 Å². The summed E-state index contributed by atoms with van der Waals surface area (Å²) in [7, 11) is 0. The average Bonchev–Trinajstić information content (AvgIpc) is 2.52. The summed E-state index contributed by atoms with van der Waals surface area (Å²) in [5.74, 6) is 6.44. The van der Waals surface area contributed by atoms with Gasteiger partial charge < -0.3 is 10.6 Å². The lowest BCUT2D eigenvalue weighted by Crippen LogP contribution is -2.36. The van der Waals surface area contributed by atoms with Crippen LogP contribution in [0.2, 0.25) is 0 Å². The summed E-state index contributed by atoms with van der Waals surface area (Å²) in [6.07, 6.45) is 0. The number of aromatic nitrogens is 3. The molecule has 1 aliphatic rings. The van der Waals surface area contributed by atoms with Gasteiger partial charge in [0.15, 0.2) is 5.82 Å². The van der Waals surface area contributed by atoms with Crippen molar-refractivity contribution in [3.8, 4) is 0 Å². The van der Waals surface area contributed by atoms with Gasteiger partial charge in [0.2, 0.25) is 4.77 Å². The van der Waals surface area contributed by atoms with Gasteiger partial charge in [0.05, 0.1) is 19.8 Å². The van der Waals surface area contributed by atoms with Crippen molar-refractivity contribution < 1.29 is 4.74 Å². The number of nitrogens with one attached hydrogen (secondary N) is 1. The molecule has 0 bridgehead atoms. The molecule has 0 aliphatic carbocycles. The molecule has 14 heavy (non-hydrogen) atoms. The van der Waals surface area contributed by atoms with Gasteiger partial charge in [0.1, 0.15) is 0 Å². The fraction of sp³-hybridized carbons (Fsp3) is 0.714. The van der Waals surface area contributed by atoms with E-state index in [1.807, 2.05) is 0 Å². The van der Waals surface area contributed by atoms with Crippen molar-refractivity contribution in [1.82, 2.24) is 19.8 Å². The summed E-state index contributed by atoms with van der Waals surface area (Å²) >= 11 is 4.92. The van der Waals surface area contributed by atoms with Crippen LogP contribution in [-0.2, 0) is 11.3 Å². The normalized spacial score (nSPS) is 18.6. The van der Waals surface area contributed by atoms with Crippen molar-refractivity contribution in [3.05, 3.63) is 10.6 Å². The van der Waals surface area contributed by atoms with Gasteiger partial charge in [-0.25, -0.2) is 4.68 Å². The zero-order valence-electron chi connectivity index (χ0n) is 7.77. The molecule has 0 radical (unpaired) electrons. The smallest absolute Gasteiger partial charge is 0.214 e. The van der Waals surface area contributed by atoms with Crippen molar-refractivity contribution in [3.63, 3.8) is 0 Å². The molecule has 0 spiro atoms. The second kappa shape index (κ2) is 4.07. The number of rotatable bonds is 2. The van der Waals surface area contributed by atoms with E-state index in [0.717, 1.165) is 32.1 Å². The average molecular weight is 215 g/mol. The van der Waals surface area contributed by atoms with E-state index < -0.39 is 0 Å². The summed E-state index contributed by atoms with van der Waals surface area (Å²) in [5.41, 5.74) is 0. The standard InChI is InChI=1S/C7H13N5OS/c8-12-6(9-10-7(12)14)5-11-1-3-13-4-2-11/h1-5,8H2,(H,10,14). The maximum absolute atomic E-state index is 5.68. The van der Waals surface area contributed by atoms with E-state index in [1.54, 1.807) is 0 Å². The Balaban J connectivity index is 2.02. The van der Waals surface area contributed by atoms with Gasteiger partial charge in [-0.2, -0.15) is 5.10 Å². The fourth-order valence-electron chi connectivity index (χ4n) is 1.41. The summed E-state index contributed by atoms with van der Waals surface area (Å²) < 4.78 is 7.10. The largest absolute Gasteiger partial charge is 0.379 e. The van der Waals surface area contributed by atoms with E-state index in [-0.39, 0.29) is 0 Å². The Morgan fingerprint density at radius 1 is 1.50 bits per heavy atom. The second-order valence-electron chi connectivity index (χ2n) is 3.20. The SMILES string of the molecule is Nn1c(CN2CCOCC2)n[nH]c1=S. The molecule has 78 valence electrons. The molecule has 0 unspecified atom stereocenters. The molecule has 0 amide bonds. The molecule has 0 aromatic carbocycles. The lowest BCUT2D eigenvalue weighted by atomic mass is 10.4. The van der Waals surface area contributed by atoms with Crippen LogP contribution in [0.15, 0.2) is 0 Å². The lowest BCUT2D eigenvalue weighted by molar-refractivity contribution is 0.0327. The molecule has 6 nitrogen and oxygen atoms in total. The number of aromatic amines is 1. The third-order valence-electron chi connectivity index (χ3n) is 2.25. The van der Waals surface area contributed by atoms with Gasteiger partial charge in [-0.1, -0.05) is 0 Å². The Kier molecular flexibility index (Phi) is 2.80. The van der Waals surface area contributed by atoms with E-state index in [9.17, 15) is 0 Å². The highest BCUT2D eigenvalue weighted by Crippen LogP contribution is 2.02. The maximum atomic E-state index is 5.68. The third-order valence-corrected chi connectivity index (χ3v) is 2.53. The number of nitrogen functional groups attached to an aromatic ring is 1. The van der Waals surface area contributed by atoms with E-state index >= 15 is 0 Å². The topological polar surface area (TPSA) is 72.1 Å². The van der Waals surface area contributed by atoms with Gasteiger partial charge in [0.25, 0.3) is 0 Å². The minimum absolute atomic E-state index is 0.452. The summed E-state index contributed by atoms with van der Waals surface area (Å²) in [6, 6.07) is 0. The van der Waals surface area contributed by atoms with Gasteiger partial charge in [-0.15, -0.1) is 0 Å². The van der Waals surface area contributed by atoms with E-state index in [0.29, 0.717) is 11.3 Å². The highest BCUT2D eigenvalue weighted by molar-refractivity contribution is 7.71.